The zero-order chi connectivity index (χ0) is 18.5. The first-order valence-corrected chi connectivity index (χ1v) is 8.11. The highest BCUT2D eigenvalue weighted by molar-refractivity contribution is 5.90. The Balaban J connectivity index is 1.87. The summed E-state index contributed by atoms with van der Waals surface area (Å²) in [6.45, 7) is 5.98. The maximum Gasteiger partial charge on any atom is 0.230 e. The van der Waals surface area contributed by atoms with Gasteiger partial charge in [0.2, 0.25) is 12.3 Å². The predicted molar refractivity (Wildman–Crippen MR) is 101 cm³/mol. The summed E-state index contributed by atoms with van der Waals surface area (Å²) in [5.74, 6) is 1.22. The molecule has 1 amide bonds. The SMILES string of the molecule is CC(/C=N\NC=O)=C(/C)c1ccc(Oc2nccc3occc23)cc1C. The number of ether oxygens (including phenoxy) is 1. The van der Waals surface area contributed by atoms with Crippen LogP contribution in [-0.2, 0) is 4.79 Å². The molecule has 6 nitrogen and oxygen atoms in total. The van der Waals surface area contributed by atoms with Gasteiger partial charge in [-0.2, -0.15) is 5.10 Å². The number of hydrazone groups is 1. The Morgan fingerprint density at radius 2 is 2.12 bits per heavy atom. The van der Waals surface area contributed by atoms with Crippen molar-refractivity contribution in [3.05, 3.63) is 59.5 Å². The molecule has 0 aliphatic rings. The minimum atomic E-state index is 0.513. The van der Waals surface area contributed by atoms with Gasteiger partial charge in [0, 0.05) is 6.20 Å². The minimum Gasteiger partial charge on any atom is -0.464 e. The molecule has 0 atom stereocenters. The number of amides is 1. The molecule has 26 heavy (non-hydrogen) atoms. The predicted octanol–water partition coefficient (Wildman–Crippen LogP) is 4.45. The van der Waals surface area contributed by atoms with Gasteiger partial charge >= 0.3 is 0 Å². The van der Waals surface area contributed by atoms with Crippen molar-refractivity contribution in [1.29, 1.82) is 0 Å². The average Bonchev–Trinajstić information content (AvgIpc) is 3.11. The van der Waals surface area contributed by atoms with Crippen LogP contribution in [-0.4, -0.2) is 17.6 Å². The molecule has 0 fully saturated rings. The van der Waals surface area contributed by atoms with Crippen molar-refractivity contribution in [2.24, 2.45) is 5.10 Å². The molecular weight excluding hydrogens is 330 g/mol. The summed E-state index contributed by atoms with van der Waals surface area (Å²) in [5.41, 5.74) is 7.19. The van der Waals surface area contributed by atoms with E-state index in [1.807, 2.05) is 45.0 Å². The Morgan fingerprint density at radius 3 is 2.88 bits per heavy atom. The normalized spacial score (nSPS) is 12.3. The second kappa shape index (κ2) is 7.65. The number of nitrogens with one attached hydrogen (secondary N) is 1. The van der Waals surface area contributed by atoms with E-state index in [4.69, 9.17) is 9.15 Å². The van der Waals surface area contributed by atoms with E-state index in [2.05, 4.69) is 15.5 Å². The number of carbonyl (C=O) groups is 1. The Hall–Kier alpha value is -3.41. The van der Waals surface area contributed by atoms with Crippen LogP contribution < -0.4 is 10.2 Å². The van der Waals surface area contributed by atoms with E-state index in [-0.39, 0.29) is 0 Å². The third kappa shape index (κ3) is 3.64. The molecule has 1 N–H and O–H groups in total. The van der Waals surface area contributed by atoms with Crippen LogP contribution in [0.2, 0.25) is 0 Å². The Labute approximate surface area is 151 Å². The molecule has 0 bridgehead atoms. The maximum absolute atomic E-state index is 10.3. The van der Waals surface area contributed by atoms with Gasteiger partial charge in [-0.05, 0) is 67.3 Å². The fourth-order valence-corrected chi connectivity index (χ4v) is 2.66. The lowest BCUT2D eigenvalue weighted by atomic mass is 9.98. The fraction of sp³-hybridized carbons (Fsp3) is 0.150. The molecule has 2 heterocycles. The monoisotopic (exact) mass is 349 g/mol. The van der Waals surface area contributed by atoms with Gasteiger partial charge in [0.15, 0.2) is 0 Å². The highest BCUT2D eigenvalue weighted by Crippen LogP contribution is 2.31. The quantitative estimate of drug-likeness (QED) is 0.405. The summed E-state index contributed by atoms with van der Waals surface area (Å²) in [5, 5.41) is 4.65. The zero-order valence-electron chi connectivity index (χ0n) is 14.8. The number of aryl methyl sites for hydroxylation is 1. The number of benzene rings is 1. The van der Waals surface area contributed by atoms with Crippen LogP contribution in [0.15, 0.2) is 57.9 Å². The van der Waals surface area contributed by atoms with Gasteiger partial charge in [-0.25, -0.2) is 10.4 Å². The van der Waals surface area contributed by atoms with Crippen molar-refractivity contribution in [3.8, 4) is 11.6 Å². The molecule has 0 aliphatic carbocycles. The molecule has 2 aromatic heterocycles. The lowest BCUT2D eigenvalue weighted by Crippen LogP contribution is -2.01. The number of pyridine rings is 1. The van der Waals surface area contributed by atoms with Gasteiger partial charge in [-0.15, -0.1) is 0 Å². The standard InChI is InChI=1S/C20H19N3O3/c1-13-10-16(26-20-18-7-9-25-19(18)6-8-21-20)4-5-17(13)15(3)14(2)11-22-23-12-24/h4-12H,1-3H3,(H,23,24)/b15-14+,22-11-. The average molecular weight is 349 g/mol. The van der Waals surface area contributed by atoms with Crippen LogP contribution >= 0.6 is 0 Å². The first kappa shape index (κ1) is 17.4. The number of carbonyl (C=O) groups excluding carboxylic acids is 1. The van der Waals surface area contributed by atoms with Gasteiger partial charge in [0.1, 0.15) is 11.3 Å². The van der Waals surface area contributed by atoms with Crippen LogP contribution in [0.5, 0.6) is 11.6 Å². The van der Waals surface area contributed by atoms with Gasteiger partial charge < -0.3 is 9.15 Å². The van der Waals surface area contributed by atoms with Gasteiger partial charge in [-0.1, -0.05) is 6.07 Å². The van der Waals surface area contributed by atoms with Crippen molar-refractivity contribution in [2.75, 3.05) is 0 Å². The Kier molecular flexibility index (Phi) is 5.12. The van der Waals surface area contributed by atoms with Crippen molar-refractivity contribution in [2.45, 2.75) is 20.8 Å². The summed E-state index contributed by atoms with van der Waals surface area (Å²) in [6.07, 6.45) is 5.43. The number of hydrogen-bond acceptors (Lipinski definition) is 5. The van der Waals surface area contributed by atoms with Gasteiger partial charge in [-0.3, -0.25) is 4.79 Å². The van der Waals surface area contributed by atoms with Crippen LogP contribution in [0.1, 0.15) is 25.0 Å². The van der Waals surface area contributed by atoms with Crippen LogP contribution in [0.25, 0.3) is 16.5 Å². The smallest absolute Gasteiger partial charge is 0.230 e. The maximum atomic E-state index is 10.3. The molecule has 0 aliphatic heterocycles. The topological polar surface area (TPSA) is 76.7 Å². The molecule has 0 saturated carbocycles. The van der Waals surface area contributed by atoms with Crippen LogP contribution in [0, 0.1) is 6.92 Å². The number of aromatic nitrogens is 1. The summed E-state index contributed by atoms with van der Waals surface area (Å²) in [4.78, 5) is 14.6. The van der Waals surface area contributed by atoms with E-state index in [1.54, 1.807) is 24.7 Å². The van der Waals surface area contributed by atoms with Crippen molar-refractivity contribution < 1.29 is 13.9 Å². The molecule has 6 heteroatoms. The third-order valence-electron chi connectivity index (χ3n) is 4.14. The second-order valence-electron chi connectivity index (χ2n) is 5.84. The largest absolute Gasteiger partial charge is 0.464 e. The third-order valence-corrected chi connectivity index (χ3v) is 4.14. The van der Waals surface area contributed by atoms with Gasteiger partial charge in [0.25, 0.3) is 0 Å². The van der Waals surface area contributed by atoms with E-state index < -0.39 is 0 Å². The first-order chi connectivity index (χ1) is 12.6. The highest BCUT2D eigenvalue weighted by Gasteiger charge is 2.09. The Morgan fingerprint density at radius 1 is 1.27 bits per heavy atom. The molecule has 0 spiro atoms. The first-order valence-electron chi connectivity index (χ1n) is 8.11. The van der Waals surface area contributed by atoms with E-state index in [0.717, 1.165) is 33.2 Å². The number of fused-ring (bicyclic) bond motifs is 1. The summed E-state index contributed by atoms with van der Waals surface area (Å²) >= 11 is 0. The molecule has 3 aromatic rings. The highest BCUT2D eigenvalue weighted by atomic mass is 16.5. The number of rotatable bonds is 6. The summed E-state index contributed by atoms with van der Waals surface area (Å²) < 4.78 is 11.3. The number of allylic oxidation sites excluding steroid dienone is 2. The summed E-state index contributed by atoms with van der Waals surface area (Å²) in [7, 11) is 0. The number of nitrogens with zero attached hydrogens (tertiary/aromatic N) is 2. The molecular formula is C20H19N3O3. The molecule has 0 saturated heterocycles. The molecule has 0 radical (unpaired) electrons. The fourth-order valence-electron chi connectivity index (χ4n) is 2.66. The van der Waals surface area contributed by atoms with Crippen molar-refractivity contribution in [1.82, 2.24) is 10.4 Å². The van der Waals surface area contributed by atoms with E-state index >= 15 is 0 Å². The number of hydrogen-bond donors (Lipinski definition) is 1. The van der Waals surface area contributed by atoms with Crippen LogP contribution in [0.4, 0.5) is 0 Å². The van der Waals surface area contributed by atoms with E-state index in [0.29, 0.717) is 18.0 Å². The number of furan rings is 1. The lowest BCUT2D eigenvalue weighted by molar-refractivity contribution is -0.109. The van der Waals surface area contributed by atoms with Crippen molar-refractivity contribution in [3.63, 3.8) is 0 Å². The van der Waals surface area contributed by atoms with E-state index in [9.17, 15) is 4.79 Å². The molecule has 3 rings (SSSR count). The van der Waals surface area contributed by atoms with Gasteiger partial charge in [0.05, 0.1) is 17.9 Å². The summed E-state index contributed by atoms with van der Waals surface area (Å²) in [6, 6.07) is 9.50. The minimum absolute atomic E-state index is 0.513. The van der Waals surface area contributed by atoms with Crippen LogP contribution in [0.3, 0.4) is 0 Å². The lowest BCUT2D eigenvalue weighted by Gasteiger charge is -2.11. The molecule has 132 valence electrons. The van der Waals surface area contributed by atoms with E-state index in [1.165, 1.54) is 0 Å². The molecule has 0 unspecified atom stereocenters. The zero-order valence-corrected chi connectivity index (χ0v) is 14.8. The Bertz CT molecular complexity index is 1000. The second-order valence-corrected chi connectivity index (χ2v) is 5.84. The van der Waals surface area contributed by atoms with Crippen molar-refractivity contribution >= 4 is 29.2 Å². The molecule has 1 aromatic carbocycles.